The van der Waals surface area contributed by atoms with E-state index in [1.54, 1.807) is 14.2 Å². The summed E-state index contributed by atoms with van der Waals surface area (Å²) in [6.45, 7) is 4.06. The predicted molar refractivity (Wildman–Crippen MR) is 101 cm³/mol. The fourth-order valence-electron chi connectivity index (χ4n) is 9.94. The van der Waals surface area contributed by atoms with Crippen molar-refractivity contribution in [2.24, 2.45) is 40.9 Å². The molecular weight excluding hydrogens is 358 g/mol. The summed E-state index contributed by atoms with van der Waals surface area (Å²) >= 11 is 0. The van der Waals surface area contributed by atoms with Gasteiger partial charge in [-0.05, 0) is 31.2 Å². The number of piperidine rings is 1. The average Bonchev–Trinajstić information content (AvgIpc) is 3.07. The van der Waals surface area contributed by atoms with Crippen LogP contribution in [-0.4, -0.2) is 83.6 Å². The number of nitrogens with zero attached hydrogens (tertiary/aromatic N) is 1. The molecule has 158 valence electrons. The van der Waals surface area contributed by atoms with E-state index in [1.165, 1.54) is 0 Å². The molecule has 0 amide bonds. The van der Waals surface area contributed by atoms with Gasteiger partial charge in [0.2, 0.25) is 0 Å². The van der Waals surface area contributed by atoms with E-state index in [0.29, 0.717) is 18.8 Å². The van der Waals surface area contributed by atoms with E-state index in [-0.39, 0.29) is 59.4 Å². The summed E-state index contributed by atoms with van der Waals surface area (Å²) in [6.07, 6.45) is 2.27. The average molecular weight is 394 g/mol. The summed E-state index contributed by atoms with van der Waals surface area (Å²) in [5.74, 6) is 1.02. The van der Waals surface area contributed by atoms with Crippen LogP contribution in [0.2, 0.25) is 0 Å². The summed E-state index contributed by atoms with van der Waals surface area (Å²) in [5.41, 5.74) is -0.941. The first-order valence-electron chi connectivity index (χ1n) is 11.3. The zero-order valence-corrected chi connectivity index (χ0v) is 17.2. The molecule has 3 N–H and O–H groups in total. The van der Waals surface area contributed by atoms with E-state index in [9.17, 15) is 15.3 Å². The van der Waals surface area contributed by atoms with Crippen LogP contribution in [0, 0.1) is 40.9 Å². The Labute approximate surface area is 167 Å². The van der Waals surface area contributed by atoms with Crippen LogP contribution in [0.1, 0.15) is 32.6 Å². The van der Waals surface area contributed by atoms with Gasteiger partial charge in [-0.1, -0.05) is 6.92 Å². The number of aliphatic hydroxyl groups excluding tert-OH is 2. The minimum absolute atomic E-state index is 0.00445. The Balaban J connectivity index is 1.58. The lowest BCUT2D eigenvalue weighted by molar-refractivity contribution is -0.269. The number of fused-ring (bicyclic) bond motifs is 2. The number of ether oxygens (including phenoxy) is 2. The molecule has 0 radical (unpaired) electrons. The van der Waals surface area contributed by atoms with Gasteiger partial charge in [0.05, 0.1) is 30.0 Å². The molecule has 6 aliphatic rings. The van der Waals surface area contributed by atoms with Gasteiger partial charge in [0.1, 0.15) is 0 Å². The number of aliphatic hydroxyl groups is 3. The van der Waals surface area contributed by atoms with Crippen LogP contribution in [0.15, 0.2) is 0 Å². The van der Waals surface area contributed by atoms with Gasteiger partial charge in [-0.3, -0.25) is 4.90 Å². The highest BCUT2D eigenvalue weighted by Crippen LogP contribution is 2.77. The second-order valence-electron chi connectivity index (χ2n) is 10.7. The number of methoxy groups -OCH3 is 2. The molecule has 13 atom stereocenters. The van der Waals surface area contributed by atoms with E-state index in [0.717, 1.165) is 25.9 Å². The van der Waals surface area contributed by atoms with E-state index >= 15 is 0 Å². The number of hydrogen-bond acceptors (Lipinski definition) is 6. The van der Waals surface area contributed by atoms with Crippen molar-refractivity contribution in [3.05, 3.63) is 0 Å². The molecule has 0 aromatic heterocycles. The van der Waals surface area contributed by atoms with Gasteiger partial charge >= 0.3 is 0 Å². The molecule has 0 aromatic rings. The van der Waals surface area contributed by atoms with Crippen molar-refractivity contribution >= 4 is 0 Å². The van der Waals surface area contributed by atoms with Crippen molar-refractivity contribution < 1.29 is 24.8 Å². The van der Waals surface area contributed by atoms with Gasteiger partial charge in [0.15, 0.2) is 0 Å². The van der Waals surface area contributed by atoms with E-state index < -0.39 is 11.7 Å². The molecule has 28 heavy (non-hydrogen) atoms. The summed E-state index contributed by atoms with van der Waals surface area (Å²) in [5, 5.41) is 34.5. The topological polar surface area (TPSA) is 82.4 Å². The lowest BCUT2D eigenvalue weighted by atomic mass is 9.45. The highest BCUT2D eigenvalue weighted by molar-refractivity contribution is 5.32. The van der Waals surface area contributed by atoms with Gasteiger partial charge in [-0.25, -0.2) is 0 Å². The predicted octanol–water partition coefficient (Wildman–Crippen LogP) is 0.485. The lowest BCUT2D eigenvalue weighted by Crippen LogP contribution is -2.75. The molecule has 1 heterocycles. The van der Waals surface area contributed by atoms with Gasteiger partial charge < -0.3 is 24.8 Å². The van der Waals surface area contributed by atoms with Crippen molar-refractivity contribution in [2.45, 2.75) is 68.7 Å². The van der Waals surface area contributed by atoms with E-state index in [2.05, 4.69) is 11.8 Å². The van der Waals surface area contributed by atoms with E-state index in [1.807, 2.05) is 0 Å². The lowest BCUT2D eigenvalue weighted by Gasteiger charge is -2.67. The minimum Gasteiger partial charge on any atom is -0.393 e. The number of hydrogen-bond donors (Lipinski definition) is 3. The van der Waals surface area contributed by atoms with Gasteiger partial charge in [0.25, 0.3) is 0 Å². The van der Waals surface area contributed by atoms with Gasteiger partial charge in [0, 0.05) is 68.7 Å². The van der Waals surface area contributed by atoms with Crippen molar-refractivity contribution in [1.82, 2.24) is 4.90 Å². The molecule has 5 saturated carbocycles. The van der Waals surface area contributed by atoms with Crippen LogP contribution in [0.5, 0.6) is 0 Å². The van der Waals surface area contributed by atoms with Crippen LogP contribution in [-0.2, 0) is 9.47 Å². The summed E-state index contributed by atoms with van der Waals surface area (Å²) in [6, 6.07) is 0.281. The molecule has 7 bridgehead atoms. The van der Waals surface area contributed by atoms with Crippen molar-refractivity contribution in [2.75, 3.05) is 27.3 Å². The first-order chi connectivity index (χ1) is 13.4. The highest BCUT2D eigenvalue weighted by atomic mass is 16.5. The highest BCUT2D eigenvalue weighted by Gasteiger charge is 2.82. The fraction of sp³-hybridized carbons (Fsp3) is 1.00. The maximum atomic E-state index is 12.2. The monoisotopic (exact) mass is 393 g/mol. The smallest absolute Gasteiger partial charge is 0.0771 e. The largest absolute Gasteiger partial charge is 0.393 e. The first kappa shape index (κ1) is 18.5. The molecule has 1 aliphatic heterocycles. The molecule has 6 heteroatoms. The summed E-state index contributed by atoms with van der Waals surface area (Å²) in [7, 11) is 3.52. The van der Waals surface area contributed by atoms with Crippen molar-refractivity contribution in [1.29, 1.82) is 0 Å². The molecular formula is C22H35NO5. The van der Waals surface area contributed by atoms with Crippen LogP contribution in [0.25, 0.3) is 0 Å². The maximum Gasteiger partial charge on any atom is 0.0771 e. The zero-order chi connectivity index (χ0) is 19.6. The molecule has 1 saturated heterocycles. The normalized spacial score (nSPS) is 64.3. The van der Waals surface area contributed by atoms with Crippen LogP contribution in [0.4, 0.5) is 0 Å². The Kier molecular flexibility index (Phi) is 3.78. The first-order valence-corrected chi connectivity index (χ1v) is 11.3. The van der Waals surface area contributed by atoms with E-state index in [4.69, 9.17) is 9.47 Å². The Bertz CT molecular complexity index is 675. The van der Waals surface area contributed by atoms with Crippen molar-refractivity contribution in [3.63, 3.8) is 0 Å². The summed E-state index contributed by atoms with van der Waals surface area (Å²) in [4.78, 5) is 2.54. The van der Waals surface area contributed by atoms with Crippen LogP contribution in [0.3, 0.4) is 0 Å². The SMILES string of the molecule is CCN1C[C@H]2[C@@H](O)C[C@@H](OC)[C@@]34[C@@H]1[C@@H](C[C@@H]23)[C@]1(O)C[C@@H](OC)[C@@H]2C[C@H]4[C@H]1[C@@H]2O. The standard InChI is InChI=1S/C22H35NO5/c1-4-23-9-11-12-6-14-20(23)22(12,17(28-3)7-15(11)24)13-5-10-16(27-2)8-21(14,26)18(13)19(10)25/h10-20,24-26H,4-9H2,1-3H3/t10-,11+,12-,13-,14+,15-,16+,17+,18-,19+,20-,21+,22+/m0/s1. The molecule has 6 rings (SSSR count). The number of likely N-dealkylation sites (tertiary alicyclic amines) is 1. The third-order valence-corrected chi connectivity index (χ3v) is 10.5. The maximum absolute atomic E-state index is 12.2. The Morgan fingerprint density at radius 3 is 2.46 bits per heavy atom. The molecule has 5 aliphatic carbocycles. The molecule has 0 unspecified atom stereocenters. The molecule has 6 fully saturated rings. The Hall–Kier alpha value is -0.240. The van der Waals surface area contributed by atoms with Gasteiger partial charge in [-0.15, -0.1) is 0 Å². The Morgan fingerprint density at radius 1 is 1.00 bits per heavy atom. The number of rotatable bonds is 3. The van der Waals surface area contributed by atoms with Crippen molar-refractivity contribution in [3.8, 4) is 0 Å². The van der Waals surface area contributed by atoms with Crippen LogP contribution < -0.4 is 0 Å². The quantitative estimate of drug-likeness (QED) is 0.647. The second-order valence-corrected chi connectivity index (χ2v) is 10.7. The fourth-order valence-corrected chi connectivity index (χ4v) is 9.94. The van der Waals surface area contributed by atoms with Gasteiger partial charge in [-0.2, -0.15) is 0 Å². The zero-order valence-electron chi connectivity index (χ0n) is 17.2. The summed E-state index contributed by atoms with van der Waals surface area (Å²) < 4.78 is 11.9. The molecule has 1 spiro atoms. The van der Waals surface area contributed by atoms with Crippen LogP contribution >= 0.6 is 0 Å². The molecule has 0 aromatic carbocycles. The molecule has 6 nitrogen and oxygen atoms in total. The minimum atomic E-state index is -0.878. The third kappa shape index (κ3) is 1.76. The third-order valence-electron chi connectivity index (χ3n) is 10.5. The second kappa shape index (κ2) is 5.71. The Morgan fingerprint density at radius 2 is 1.79 bits per heavy atom.